The molecule has 0 unspecified atom stereocenters. The van der Waals surface area contributed by atoms with E-state index in [2.05, 4.69) is 43.0 Å². The maximum atomic E-state index is 14.7. The molecule has 5 N–H and O–H groups in total. The summed E-state index contributed by atoms with van der Waals surface area (Å²) < 4.78 is 14.7. The van der Waals surface area contributed by atoms with Gasteiger partial charge in [-0.25, -0.2) is 10.3 Å². The lowest BCUT2D eigenvalue weighted by molar-refractivity contribution is -0.489. The van der Waals surface area contributed by atoms with E-state index in [9.17, 15) is 9.18 Å². The predicted molar refractivity (Wildman–Crippen MR) is 132 cm³/mol. The van der Waals surface area contributed by atoms with E-state index in [1.807, 2.05) is 26.8 Å². The molecule has 3 aromatic rings. The molecule has 1 aliphatic carbocycles. The Balaban J connectivity index is 1.47. The SMILES string of the molecule is CC(C)(C)c1ccc(F)c([NH2+]c2nc(Nc3ccc4c(c3)CCNC4)ncc2C(=O)NC2CC2)n1. The van der Waals surface area contributed by atoms with Crippen molar-refractivity contribution in [3.63, 3.8) is 0 Å². The van der Waals surface area contributed by atoms with Gasteiger partial charge in [-0.3, -0.25) is 4.79 Å². The van der Waals surface area contributed by atoms with E-state index in [0.29, 0.717) is 17.3 Å². The summed E-state index contributed by atoms with van der Waals surface area (Å²) in [6.07, 6.45) is 4.37. The second-order valence-corrected chi connectivity index (χ2v) is 10.2. The number of carbonyl (C=O) groups is 1. The normalized spacial score (nSPS) is 15.4. The third-order valence-corrected chi connectivity index (χ3v) is 6.24. The first-order chi connectivity index (χ1) is 16.8. The van der Waals surface area contributed by atoms with Gasteiger partial charge in [0.05, 0.1) is 11.9 Å². The summed E-state index contributed by atoms with van der Waals surface area (Å²) in [4.78, 5) is 26.4. The lowest BCUT2D eigenvalue weighted by atomic mass is 9.92. The number of quaternary nitrogens is 1. The maximum Gasteiger partial charge on any atom is 0.267 e. The molecule has 0 bridgehead atoms. The zero-order valence-corrected chi connectivity index (χ0v) is 20.3. The molecule has 0 radical (unpaired) electrons. The highest BCUT2D eigenvalue weighted by Gasteiger charge is 2.28. The van der Waals surface area contributed by atoms with E-state index in [1.165, 1.54) is 28.7 Å². The minimum atomic E-state index is -0.469. The summed E-state index contributed by atoms with van der Waals surface area (Å²) >= 11 is 0. The molecule has 182 valence electrons. The van der Waals surface area contributed by atoms with Crippen LogP contribution in [0.3, 0.4) is 0 Å². The van der Waals surface area contributed by atoms with Crippen molar-refractivity contribution in [1.29, 1.82) is 0 Å². The number of rotatable bonds is 6. The van der Waals surface area contributed by atoms with Gasteiger partial charge in [-0.15, -0.1) is 0 Å². The lowest BCUT2D eigenvalue weighted by Gasteiger charge is -2.18. The molecule has 2 aliphatic rings. The van der Waals surface area contributed by atoms with Crippen molar-refractivity contribution in [3.05, 3.63) is 64.7 Å². The largest absolute Gasteiger partial charge is 0.349 e. The molecule has 0 saturated heterocycles. The Labute approximate surface area is 204 Å². The van der Waals surface area contributed by atoms with Crippen LogP contribution in [0, 0.1) is 5.82 Å². The number of hydrogen-bond acceptors (Lipinski definition) is 6. The Bertz CT molecular complexity index is 1270. The average molecular weight is 477 g/mol. The molecule has 1 aliphatic heterocycles. The van der Waals surface area contributed by atoms with Crippen LogP contribution in [0.1, 0.15) is 60.8 Å². The van der Waals surface area contributed by atoms with Crippen LogP contribution in [0.15, 0.2) is 36.5 Å². The molecule has 2 aromatic heterocycles. The van der Waals surface area contributed by atoms with Gasteiger partial charge >= 0.3 is 0 Å². The van der Waals surface area contributed by atoms with Crippen molar-refractivity contribution in [2.24, 2.45) is 0 Å². The van der Waals surface area contributed by atoms with Crippen molar-refractivity contribution in [2.45, 2.75) is 58.0 Å². The highest BCUT2D eigenvalue weighted by atomic mass is 19.1. The topological polar surface area (TPSA) is 108 Å². The number of halogens is 1. The third kappa shape index (κ3) is 5.47. The predicted octanol–water partition coefficient (Wildman–Crippen LogP) is 3.12. The molecule has 1 saturated carbocycles. The number of fused-ring (bicyclic) bond motifs is 1. The number of amides is 1. The van der Waals surface area contributed by atoms with E-state index < -0.39 is 5.82 Å². The number of aromatic nitrogens is 3. The standard InChI is InChI=1S/C26H30FN7O/c1-26(2,3)21-9-8-20(27)23(32-21)33-22-19(24(35)30-17-6-7-17)14-29-25(34-22)31-18-5-4-16-13-28-11-10-15(16)12-18/h4-5,8-9,12,14,17,28H,6-7,10-11,13H2,1-3H3,(H,30,35)(H2,29,31,32,33,34)/p+1. The number of nitrogens with two attached hydrogens (primary N) is 1. The Kier molecular flexibility index (Phi) is 6.21. The Morgan fingerprint density at radius 1 is 1.11 bits per heavy atom. The Morgan fingerprint density at radius 3 is 2.71 bits per heavy atom. The molecule has 1 amide bonds. The first kappa shape index (κ1) is 23.3. The summed E-state index contributed by atoms with van der Waals surface area (Å²) in [5.41, 5.74) is 4.23. The van der Waals surface area contributed by atoms with Crippen LogP contribution in [0.4, 0.5) is 27.7 Å². The lowest BCUT2D eigenvalue weighted by Crippen LogP contribution is -2.73. The number of anilines is 2. The van der Waals surface area contributed by atoms with Crippen LogP contribution < -0.4 is 21.3 Å². The number of nitrogens with one attached hydrogen (secondary N) is 3. The quantitative estimate of drug-likeness (QED) is 0.435. The molecule has 5 rings (SSSR count). The summed E-state index contributed by atoms with van der Waals surface area (Å²) in [5, 5.41) is 11.1. The van der Waals surface area contributed by atoms with Crippen molar-refractivity contribution >= 4 is 29.2 Å². The third-order valence-electron chi connectivity index (χ3n) is 6.24. The van der Waals surface area contributed by atoms with Gasteiger partial charge < -0.3 is 16.0 Å². The van der Waals surface area contributed by atoms with Crippen molar-refractivity contribution in [2.75, 3.05) is 11.9 Å². The fourth-order valence-electron chi connectivity index (χ4n) is 4.02. The maximum absolute atomic E-state index is 14.7. The molecule has 1 aromatic carbocycles. The Hall–Kier alpha value is -3.43. The van der Waals surface area contributed by atoms with Crippen LogP contribution >= 0.6 is 0 Å². The first-order valence-corrected chi connectivity index (χ1v) is 12.1. The first-order valence-electron chi connectivity index (χ1n) is 12.1. The van der Waals surface area contributed by atoms with Crippen LogP contribution in [0.2, 0.25) is 0 Å². The van der Waals surface area contributed by atoms with E-state index in [1.54, 1.807) is 6.07 Å². The van der Waals surface area contributed by atoms with Gasteiger partial charge in [0.1, 0.15) is 5.56 Å². The number of pyridine rings is 1. The second kappa shape index (κ2) is 9.31. The van der Waals surface area contributed by atoms with Crippen molar-refractivity contribution in [1.82, 2.24) is 25.6 Å². The molecule has 0 spiro atoms. The van der Waals surface area contributed by atoms with E-state index >= 15 is 0 Å². The highest BCUT2D eigenvalue weighted by molar-refractivity contribution is 5.97. The number of benzene rings is 1. The van der Waals surface area contributed by atoms with E-state index in [0.717, 1.165) is 43.7 Å². The zero-order valence-electron chi connectivity index (χ0n) is 20.3. The molecule has 3 heterocycles. The fourth-order valence-corrected chi connectivity index (χ4v) is 4.02. The fraction of sp³-hybridized carbons (Fsp3) is 0.385. The van der Waals surface area contributed by atoms with E-state index in [4.69, 9.17) is 0 Å². The zero-order chi connectivity index (χ0) is 24.6. The molecule has 1 fully saturated rings. The van der Waals surface area contributed by atoms with Gasteiger partial charge in [-0.05, 0) is 61.2 Å². The molecule has 9 heteroatoms. The van der Waals surface area contributed by atoms with Gasteiger partial charge in [0, 0.05) is 23.7 Å². The summed E-state index contributed by atoms with van der Waals surface area (Å²) in [5.74, 6) is 0.0616. The van der Waals surface area contributed by atoms with Gasteiger partial charge in [-0.1, -0.05) is 26.8 Å². The van der Waals surface area contributed by atoms with Gasteiger partial charge in [0.2, 0.25) is 17.6 Å². The molecule has 35 heavy (non-hydrogen) atoms. The monoisotopic (exact) mass is 476 g/mol. The van der Waals surface area contributed by atoms with Crippen LogP contribution in [-0.4, -0.2) is 33.4 Å². The van der Waals surface area contributed by atoms with E-state index in [-0.39, 0.29) is 23.2 Å². The van der Waals surface area contributed by atoms with Crippen molar-refractivity contribution < 1.29 is 14.5 Å². The smallest absolute Gasteiger partial charge is 0.267 e. The minimum absolute atomic E-state index is 0.142. The average Bonchev–Trinajstić information content (AvgIpc) is 3.64. The van der Waals surface area contributed by atoms with Gasteiger partial charge in [0.15, 0.2) is 0 Å². The van der Waals surface area contributed by atoms with Crippen LogP contribution in [0.5, 0.6) is 0 Å². The van der Waals surface area contributed by atoms with Crippen LogP contribution in [0.25, 0.3) is 0 Å². The highest BCUT2D eigenvalue weighted by Crippen LogP contribution is 2.25. The van der Waals surface area contributed by atoms with Crippen LogP contribution in [-0.2, 0) is 18.4 Å². The molecular formula is C26H31FN7O+. The van der Waals surface area contributed by atoms with Crippen molar-refractivity contribution in [3.8, 4) is 0 Å². The second-order valence-electron chi connectivity index (χ2n) is 10.2. The summed E-state index contributed by atoms with van der Waals surface area (Å²) in [7, 11) is 0. The minimum Gasteiger partial charge on any atom is -0.349 e. The molecule has 0 atom stereocenters. The summed E-state index contributed by atoms with van der Waals surface area (Å²) in [6, 6.07) is 9.45. The summed E-state index contributed by atoms with van der Waals surface area (Å²) in [6.45, 7) is 7.87. The van der Waals surface area contributed by atoms with Gasteiger partial charge in [0.25, 0.3) is 11.7 Å². The number of carbonyl (C=O) groups excluding carboxylic acids is 1. The van der Waals surface area contributed by atoms with Gasteiger partial charge in [-0.2, -0.15) is 14.4 Å². The Morgan fingerprint density at radius 2 is 1.94 bits per heavy atom. The number of hydrogen-bond donors (Lipinski definition) is 4. The molecule has 8 nitrogen and oxygen atoms in total. The number of nitrogens with zero attached hydrogens (tertiary/aromatic N) is 3. The molecular weight excluding hydrogens is 445 g/mol.